The molecule has 1 heterocycles. The van der Waals surface area contributed by atoms with Crippen LogP contribution < -0.4 is 5.32 Å². The Labute approximate surface area is 169 Å². The molecule has 1 fully saturated rings. The SMILES string of the molecule is Cc1cc(C#N)ccc1NC1CCC(OC(=O)c2ccc3c(c2)nnn3C)CC1. The molecule has 0 radical (unpaired) electrons. The minimum Gasteiger partial charge on any atom is -0.459 e. The van der Waals surface area contributed by atoms with Crippen molar-refractivity contribution in [3.63, 3.8) is 0 Å². The minimum absolute atomic E-state index is 0.0693. The van der Waals surface area contributed by atoms with Crippen LogP contribution in [0.2, 0.25) is 0 Å². The lowest BCUT2D eigenvalue weighted by Gasteiger charge is -2.30. The molecule has 0 amide bonds. The summed E-state index contributed by atoms with van der Waals surface area (Å²) in [6.07, 6.45) is 3.44. The van der Waals surface area contributed by atoms with Crippen molar-refractivity contribution in [3.05, 3.63) is 53.1 Å². The van der Waals surface area contributed by atoms with Crippen LogP contribution in [-0.2, 0) is 11.8 Å². The number of aryl methyl sites for hydroxylation is 2. The van der Waals surface area contributed by atoms with Crippen LogP contribution in [0, 0.1) is 18.3 Å². The van der Waals surface area contributed by atoms with E-state index in [0.29, 0.717) is 22.7 Å². The number of ether oxygens (including phenoxy) is 1. The predicted molar refractivity (Wildman–Crippen MR) is 109 cm³/mol. The minimum atomic E-state index is -0.308. The third kappa shape index (κ3) is 4.06. The van der Waals surface area contributed by atoms with Gasteiger partial charge in [-0.2, -0.15) is 5.26 Å². The van der Waals surface area contributed by atoms with Gasteiger partial charge in [-0.3, -0.25) is 0 Å². The summed E-state index contributed by atoms with van der Waals surface area (Å²) in [5, 5.41) is 20.6. The number of carbonyl (C=O) groups is 1. The molecular formula is C22H23N5O2. The molecule has 0 unspecified atom stereocenters. The van der Waals surface area contributed by atoms with Gasteiger partial charge in [-0.15, -0.1) is 5.10 Å². The van der Waals surface area contributed by atoms with Crippen LogP contribution in [0.1, 0.15) is 47.2 Å². The summed E-state index contributed by atoms with van der Waals surface area (Å²) in [4.78, 5) is 12.5. The number of nitriles is 1. The summed E-state index contributed by atoms with van der Waals surface area (Å²) < 4.78 is 7.40. The Morgan fingerprint density at radius 1 is 1.21 bits per heavy atom. The summed E-state index contributed by atoms with van der Waals surface area (Å²) in [7, 11) is 1.82. The van der Waals surface area contributed by atoms with Crippen molar-refractivity contribution >= 4 is 22.7 Å². The number of hydrogen-bond acceptors (Lipinski definition) is 6. The van der Waals surface area contributed by atoms with E-state index >= 15 is 0 Å². The molecule has 0 saturated heterocycles. The first-order chi connectivity index (χ1) is 14.0. The fourth-order valence-corrected chi connectivity index (χ4v) is 3.83. The molecule has 7 nitrogen and oxygen atoms in total. The zero-order valence-corrected chi connectivity index (χ0v) is 16.6. The fraction of sp³-hybridized carbons (Fsp3) is 0.364. The lowest BCUT2D eigenvalue weighted by atomic mass is 9.92. The summed E-state index contributed by atoms with van der Waals surface area (Å²) in [5.74, 6) is -0.308. The second-order valence-corrected chi connectivity index (χ2v) is 7.58. The highest BCUT2D eigenvalue weighted by Gasteiger charge is 2.25. The molecular weight excluding hydrogens is 366 g/mol. The third-order valence-electron chi connectivity index (χ3n) is 5.51. The van der Waals surface area contributed by atoms with Gasteiger partial charge in [0.15, 0.2) is 0 Å². The lowest BCUT2D eigenvalue weighted by Crippen LogP contribution is -2.31. The largest absolute Gasteiger partial charge is 0.459 e. The van der Waals surface area contributed by atoms with Crippen LogP contribution in [0.25, 0.3) is 11.0 Å². The van der Waals surface area contributed by atoms with E-state index < -0.39 is 0 Å². The van der Waals surface area contributed by atoms with Crippen molar-refractivity contribution in [1.29, 1.82) is 5.26 Å². The summed E-state index contributed by atoms with van der Waals surface area (Å²) in [5.41, 5.74) is 4.87. The number of aromatic nitrogens is 3. The highest BCUT2D eigenvalue weighted by atomic mass is 16.5. The first-order valence-corrected chi connectivity index (χ1v) is 9.81. The zero-order valence-electron chi connectivity index (χ0n) is 16.6. The van der Waals surface area contributed by atoms with Gasteiger partial charge in [0.25, 0.3) is 0 Å². The Hall–Kier alpha value is -3.40. The van der Waals surface area contributed by atoms with Gasteiger partial charge in [-0.05, 0) is 74.6 Å². The van der Waals surface area contributed by atoms with Crippen molar-refractivity contribution in [2.45, 2.75) is 44.8 Å². The van der Waals surface area contributed by atoms with Crippen molar-refractivity contribution < 1.29 is 9.53 Å². The number of nitrogens with zero attached hydrogens (tertiary/aromatic N) is 4. The molecule has 3 aromatic rings. The van der Waals surface area contributed by atoms with Crippen LogP contribution in [0.15, 0.2) is 36.4 Å². The molecule has 1 aromatic heterocycles. The lowest BCUT2D eigenvalue weighted by molar-refractivity contribution is 0.0202. The van der Waals surface area contributed by atoms with Gasteiger partial charge in [-0.1, -0.05) is 5.21 Å². The summed E-state index contributed by atoms with van der Waals surface area (Å²) in [6.45, 7) is 2.00. The summed E-state index contributed by atoms with van der Waals surface area (Å²) >= 11 is 0. The van der Waals surface area contributed by atoms with E-state index in [9.17, 15) is 4.79 Å². The van der Waals surface area contributed by atoms with Gasteiger partial charge >= 0.3 is 5.97 Å². The molecule has 1 aliphatic carbocycles. The van der Waals surface area contributed by atoms with Gasteiger partial charge < -0.3 is 10.1 Å². The smallest absolute Gasteiger partial charge is 0.338 e. The van der Waals surface area contributed by atoms with Crippen LogP contribution >= 0.6 is 0 Å². The van der Waals surface area contributed by atoms with Crippen molar-refractivity contribution in [2.75, 3.05) is 5.32 Å². The number of fused-ring (bicyclic) bond motifs is 1. The number of rotatable bonds is 4. The first kappa shape index (κ1) is 18.9. The number of anilines is 1. The molecule has 0 bridgehead atoms. The molecule has 7 heteroatoms. The summed E-state index contributed by atoms with van der Waals surface area (Å²) in [6, 6.07) is 13.5. The van der Waals surface area contributed by atoms with E-state index in [-0.39, 0.29) is 12.1 Å². The normalized spacial score (nSPS) is 18.9. The topological polar surface area (TPSA) is 92.8 Å². The average Bonchev–Trinajstić information content (AvgIpc) is 3.11. The van der Waals surface area contributed by atoms with Crippen molar-refractivity contribution in [2.24, 2.45) is 7.05 Å². The fourth-order valence-electron chi connectivity index (χ4n) is 3.83. The molecule has 1 aliphatic rings. The van der Waals surface area contributed by atoms with E-state index in [4.69, 9.17) is 10.00 Å². The second kappa shape index (κ2) is 7.92. The molecule has 0 atom stereocenters. The molecule has 148 valence electrons. The molecule has 1 saturated carbocycles. The van der Waals surface area contributed by atoms with Crippen molar-refractivity contribution in [3.8, 4) is 6.07 Å². The first-order valence-electron chi connectivity index (χ1n) is 9.81. The second-order valence-electron chi connectivity index (χ2n) is 7.58. The number of nitrogens with one attached hydrogen (secondary N) is 1. The molecule has 0 spiro atoms. The third-order valence-corrected chi connectivity index (χ3v) is 5.51. The molecule has 1 N–H and O–H groups in total. The highest BCUT2D eigenvalue weighted by molar-refractivity contribution is 5.93. The van der Waals surface area contributed by atoms with E-state index in [0.717, 1.165) is 42.5 Å². The highest BCUT2D eigenvalue weighted by Crippen LogP contribution is 2.27. The van der Waals surface area contributed by atoms with E-state index in [1.165, 1.54) is 0 Å². The van der Waals surface area contributed by atoms with E-state index in [2.05, 4.69) is 21.7 Å². The number of carbonyl (C=O) groups excluding carboxylic acids is 1. The zero-order chi connectivity index (χ0) is 20.4. The Kier molecular flexibility index (Phi) is 5.17. The van der Waals surface area contributed by atoms with E-state index in [1.807, 2.05) is 38.2 Å². The van der Waals surface area contributed by atoms with Gasteiger partial charge in [0.05, 0.1) is 22.7 Å². The van der Waals surface area contributed by atoms with Gasteiger partial charge in [0, 0.05) is 18.8 Å². The monoisotopic (exact) mass is 389 g/mol. The molecule has 0 aliphatic heterocycles. The molecule has 29 heavy (non-hydrogen) atoms. The number of esters is 1. The van der Waals surface area contributed by atoms with Gasteiger partial charge in [0.2, 0.25) is 0 Å². The molecule has 2 aromatic carbocycles. The van der Waals surface area contributed by atoms with Crippen LogP contribution in [0.4, 0.5) is 5.69 Å². The standard InChI is InChI=1S/C22H23N5O2/c1-14-11-15(13-23)3-9-19(14)24-17-5-7-18(8-6-17)29-22(28)16-4-10-21-20(12-16)25-26-27(21)2/h3-4,9-12,17-18,24H,5-8H2,1-2H3. The average molecular weight is 389 g/mol. The van der Waals surface area contributed by atoms with E-state index in [1.54, 1.807) is 16.8 Å². The van der Waals surface area contributed by atoms with Crippen molar-refractivity contribution in [1.82, 2.24) is 15.0 Å². The Bertz CT molecular complexity index is 1090. The quantitative estimate of drug-likeness (QED) is 0.684. The van der Waals surface area contributed by atoms with Gasteiger partial charge in [-0.25, -0.2) is 9.48 Å². The maximum atomic E-state index is 12.5. The van der Waals surface area contributed by atoms with Crippen LogP contribution in [-0.4, -0.2) is 33.1 Å². The number of hydrogen-bond donors (Lipinski definition) is 1. The maximum absolute atomic E-state index is 12.5. The Morgan fingerprint density at radius 2 is 2.00 bits per heavy atom. The Morgan fingerprint density at radius 3 is 2.72 bits per heavy atom. The van der Waals surface area contributed by atoms with Gasteiger partial charge in [0.1, 0.15) is 11.6 Å². The van der Waals surface area contributed by atoms with Crippen LogP contribution in [0.3, 0.4) is 0 Å². The number of benzene rings is 2. The van der Waals surface area contributed by atoms with Crippen LogP contribution in [0.5, 0.6) is 0 Å². The molecule has 4 rings (SSSR count). The maximum Gasteiger partial charge on any atom is 0.338 e. The predicted octanol–water partition coefficient (Wildman–Crippen LogP) is 3.73. The Balaban J connectivity index is 1.32.